The summed E-state index contributed by atoms with van der Waals surface area (Å²) in [6.07, 6.45) is 1.09. The molecule has 7 heteroatoms. The van der Waals surface area contributed by atoms with Crippen LogP contribution in [-0.4, -0.2) is 41.0 Å². The van der Waals surface area contributed by atoms with E-state index in [4.69, 9.17) is 4.74 Å². The van der Waals surface area contributed by atoms with Gasteiger partial charge in [-0.05, 0) is 75.4 Å². The van der Waals surface area contributed by atoms with Crippen LogP contribution in [0.15, 0.2) is 85.5 Å². The summed E-state index contributed by atoms with van der Waals surface area (Å²) in [4.78, 5) is 42.9. The molecule has 0 aliphatic carbocycles. The molecule has 0 radical (unpaired) electrons. The third-order valence-electron chi connectivity index (χ3n) is 6.66. The molecule has 0 aromatic heterocycles. The van der Waals surface area contributed by atoms with Gasteiger partial charge in [-0.1, -0.05) is 72.8 Å². The van der Waals surface area contributed by atoms with Crippen LogP contribution in [0.3, 0.4) is 0 Å². The second kappa shape index (κ2) is 13.8. The zero-order valence-electron chi connectivity index (χ0n) is 24.9. The van der Waals surface area contributed by atoms with Crippen LogP contribution in [0.5, 0.6) is 0 Å². The van der Waals surface area contributed by atoms with Gasteiger partial charge in [-0.3, -0.25) is 9.59 Å². The monoisotopic (exact) mass is 555 g/mol. The number of carbonyl (C=O) groups is 3. The molecule has 3 amide bonds. The first-order valence-electron chi connectivity index (χ1n) is 13.8. The Morgan fingerprint density at radius 1 is 0.878 bits per heavy atom. The number of ether oxygens (including phenoxy) is 1. The van der Waals surface area contributed by atoms with Gasteiger partial charge in [0.25, 0.3) is 5.91 Å². The van der Waals surface area contributed by atoms with Gasteiger partial charge in [-0.2, -0.15) is 0 Å². The highest BCUT2D eigenvalue weighted by Crippen LogP contribution is 2.30. The first-order chi connectivity index (χ1) is 19.4. The molecule has 3 aromatic rings. The molecule has 216 valence electrons. The first-order valence-corrected chi connectivity index (χ1v) is 13.8. The van der Waals surface area contributed by atoms with Crippen LogP contribution < -0.4 is 10.6 Å². The average molecular weight is 556 g/mol. The molecule has 0 spiro atoms. The summed E-state index contributed by atoms with van der Waals surface area (Å²) in [5.74, 6) is -0.783. The van der Waals surface area contributed by atoms with Crippen LogP contribution in [0.1, 0.15) is 54.6 Å². The molecule has 41 heavy (non-hydrogen) atoms. The standard InChI is InChI=1S/C34H41N3O4/c1-8-21-37(32(39)28(22-26-18-10-9-11-19-26)36-33(40)41-34(5,6)7)30(29-24(3)16-14-17-25(29)4)31(38)35-27-20-13-12-15-23(27)2/h8-20,28,30H,1,21-22H2,2-7H3,(H,35,38)(H,36,40). The minimum atomic E-state index is -0.995. The van der Waals surface area contributed by atoms with Crippen molar-refractivity contribution >= 4 is 23.6 Å². The molecule has 0 aliphatic heterocycles. The van der Waals surface area contributed by atoms with Crippen molar-refractivity contribution in [2.24, 2.45) is 0 Å². The summed E-state index contributed by atoms with van der Waals surface area (Å²) >= 11 is 0. The van der Waals surface area contributed by atoms with Crippen molar-refractivity contribution in [3.05, 3.63) is 113 Å². The largest absolute Gasteiger partial charge is 0.444 e. The molecule has 0 saturated heterocycles. The number of anilines is 1. The summed E-state index contributed by atoms with van der Waals surface area (Å²) in [6, 6.07) is 20.7. The van der Waals surface area contributed by atoms with Crippen LogP contribution in [0, 0.1) is 20.8 Å². The maximum Gasteiger partial charge on any atom is 0.408 e. The molecule has 3 rings (SSSR count). The lowest BCUT2D eigenvalue weighted by Crippen LogP contribution is -2.53. The SMILES string of the molecule is C=CCN(C(=O)C(Cc1ccccc1)NC(=O)OC(C)(C)C)C(C(=O)Nc1ccccc1C)c1c(C)cccc1C. The number of nitrogens with one attached hydrogen (secondary N) is 2. The highest BCUT2D eigenvalue weighted by molar-refractivity contribution is 6.00. The van der Waals surface area contributed by atoms with E-state index in [2.05, 4.69) is 17.2 Å². The van der Waals surface area contributed by atoms with E-state index in [1.54, 1.807) is 26.8 Å². The number of aryl methyl sites for hydroxylation is 3. The number of carbonyl (C=O) groups excluding carboxylic acids is 3. The van der Waals surface area contributed by atoms with Gasteiger partial charge in [-0.15, -0.1) is 6.58 Å². The number of rotatable bonds is 10. The van der Waals surface area contributed by atoms with Crippen molar-refractivity contribution in [2.75, 3.05) is 11.9 Å². The van der Waals surface area contributed by atoms with Crippen molar-refractivity contribution in [3.8, 4) is 0 Å². The third-order valence-corrected chi connectivity index (χ3v) is 6.66. The van der Waals surface area contributed by atoms with Crippen LogP contribution in [0.2, 0.25) is 0 Å². The van der Waals surface area contributed by atoms with Crippen LogP contribution in [0.25, 0.3) is 0 Å². The van der Waals surface area contributed by atoms with E-state index in [1.165, 1.54) is 4.90 Å². The lowest BCUT2D eigenvalue weighted by molar-refractivity contribution is -0.140. The van der Waals surface area contributed by atoms with Crippen LogP contribution >= 0.6 is 0 Å². The Hall–Kier alpha value is -4.39. The van der Waals surface area contributed by atoms with Crippen molar-refractivity contribution < 1.29 is 19.1 Å². The lowest BCUT2D eigenvalue weighted by atomic mass is 9.93. The molecule has 0 bridgehead atoms. The average Bonchev–Trinajstić information content (AvgIpc) is 2.90. The molecule has 0 fully saturated rings. The molecule has 7 nitrogen and oxygen atoms in total. The Balaban J connectivity index is 2.10. The fourth-order valence-corrected chi connectivity index (χ4v) is 4.76. The van der Waals surface area contributed by atoms with Gasteiger partial charge in [-0.25, -0.2) is 4.79 Å². The Morgan fingerprint density at radius 3 is 2.05 bits per heavy atom. The van der Waals surface area contributed by atoms with Gasteiger partial charge >= 0.3 is 6.09 Å². The topological polar surface area (TPSA) is 87.7 Å². The fraction of sp³-hybridized carbons (Fsp3) is 0.324. The number of alkyl carbamates (subject to hydrolysis) is 1. The molecular formula is C34H41N3O4. The molecular weight excluding hydrogens is 514 g/mol. The molecule has 2 unspecified atom stereocenters. The molecule has 2 N–H and O–H groups in total. The van der Waals surface area contributed by atoms with E-state index in [-0.39, 0.29) is 18.9 Å². The molecule has 0 aliphatic rings. The smallest absolute Gasteiger partial charge is 0.408 e. The first kappa shape index (κ1) is 31.1. The summed E-state index contributed by atoms with van der Waals surface area (Å²) in [6.45, 7) is 15.0. The Kier molecular flexibility index (Phi) is 10.5. The summed E-state index contributed by atoms with van der Waals surface area (Å²) in [5, 5.41) is 5.81. The van der Waals surface area contributed by atoms with Crippen molar-refractivity contribution in [1.82, 2.24) is 10.2 Å². The van der Waals surface area contributed by atoms with Gasteiger partial charge in [0, 0.05) is 18.7 Å². The summed E-state index contributed by atoms with van der Waals surface area (Å²) < 4.78 is 5.50. The molecule has 0 saturated carbocycles. The van der Waals surface area contributed by atoms with Gasteiger partial charge in [0.05, 0.1) is 0 Å². The van der Waals surface area contributed by atoms with Crippen molar-refractivity contribution in [3.63, 3.8) is 0 Å². The van der Waals surface area contributed by atoms with E-state index in [0.717, 1.165) is 27.8 Å². The molecule has 3 aromatic carbocycles. The number of hydrogen-bond acceptors (Lipinski definition) is 4. The van der Waals surface area contributed by atoms with Crippen LogP contribution in [0.4, 0.5) is 10.5 Å². The second-order valence-electron chi connectivity index (χ2n) is 11.2. The van der Waals surface area contributed by atoms with Gasteiger partial charge < -0.3 is 20.3 Å². The number of nitrogens with zero attached hydrogens (tertiary/aromatic N) is 1. The van der Waals surface area contributed by atoms with Gasteiger partial charge in [0.1, 0.15) is 17.7 Å². The minimum Gasteiger partial charge on any atom is -0.444 e. The Morgan fingerprint density at radius 2 is 1.46 bits per heavy atom. The Bertz CT molecular complexity index is 1360. The third kappa shape index (κ3) is 8.55. The quantitative estimate of drug-likeness (QED) is 0.282. The maximum absolute atomic E-state index is 14.4. The van der Waals surface area contributed by atoms with Crippen LogP contribution in [-0.2, 0) is 20.7 Å². The van der Waals surface area contributed by atoms with Crippen molar-refractivity contribution in [2.45, 2.75) is 65.6 Å². The van der Waals surface area contributed by atoms with E-state index in [1.807, 2.05) is 93.6 Å². The highest BCUT2D eigenvalue weighted by Gasteiger charge is 2.37. The number of benzene rings is 3. The van der Waals surface area contributed by atoms with Crippen molar-refractivity contribution in [1.29, 1.82) is 0 Å². The summed E-state index contributed by atoms with van der Waals surface area (Å²) in [5.41, 5.74) is 4.13. The van der Waals surface area contributed by atoms with Gasteiger partial charge in [0.15, 0.2) is 0 Å². The predicted octanol–water partition coefficient (Wildman–Crippen LogP) is 6.44. The maximum atomic E-state index is 14.4. The summed E-state index contributed by atoms with van der Waals surface area (Å²) in [7, 11) is 0. The zero-order chi connectivity index (χ0) is 30.2. The Labute approximate surface area is 243 Å². The number of hydrogen-bond donors (Lipinski definition) is 2. The normalized spacial score (nSPS) is 12.5. The second-order valence-corrected chi connectivity index (χ2v) is 11.2. The predicted molar refractivity (Wildman–Crippen MR) is 164 cm³/mol. The minimum absolute atomic E-state index is 0.0831. The molecule has 2 atom stereocenters. The van der Waals surface area contributed by atoms with E-state index in [0.29, 0.717) is 5.69 Å². The van der Waals surface area contributed by atoms with E-state index < -0.39 is 29.7 Å². The number of amides is 3. The van der Waals surface area contributed by atoms with Gasteiger partial charge in [0.2, 0.25) is 5.91 Å². The zero-order valence-corrected chi connectivity index (χ0v) is 24.9. The highest BCUT2D eigenvalue weighted by atomic mass is 16.6. The lowest BCUT2D eigenvalue weighted by Gasteiger charge is -2.35. The molecule has 0 heterocycles. The number of para-hydroxylation sites is 1. The fourth-order valence-electron chi connectivity index (χ4n) is 4.76. The van der Waals surface area contributed by atoms with E-state index in [9.17, 15) is 14.4 Å². The van der Waals surface area contributed by atoms with E-state index >= 15 is 0 Å².